The Morgan fingerprint density at radius 1 is 1.16 bits per heavy atom. The van der Waals surface area contributed by atoms with E-state index >= 15 is 0 Å². The van der Waals surface area contributed by atoms with E-state index < -0.39 is 0 Å². The zero-order chi connectivity index (χ0) is 18.9. The summed E-state index contributed by atoms with van der Waals surface area (Å²) in [6, 6.07) is 3.88. The number of benzene rings is 1. The quantitative estimate of drug-likeness (QED) is 0.744. The summed E-state index contributed by atoms with van der Waals surface area (Å²) in [4.78, 5) is 26.7. The van der Waals surface area contributed by atoms with Crippen LogP contribution < -0.4 is 15.9 Å². The maximum atomic E-state index is 12.5. The molecule has 0 aliphatic heterocycles. The van der Waals surface area contributed by atoms with Crippen molar-refractivity contribution in [1.29, 1.82) is 0 Å². The van der Waals surface area contributed by atoms with Gasteiger partial charge in [0.15, 0.2) is 0 Å². The molecule has 0 saturated carbocycles. The van der Waals surface area contributed by atoms with Crippen molar-refractivity contribution in [2.24, 2.45) is 20.0 Å². The average molecular weight is 411 g/mol. The lowest BCUT2D eigenvalue weighted by Gasteiger charge is -2.25. The second kappa shape index (κ2) is 7.64. The van der Waals surface area contributed by atoms with Crippen LogP contribution >= 0.6 is 15.9 Å². The van der Waals surface area contributed by atoms with Gasteiger partial charge in [-0.3, -0.25) is 13.9 Å². The number of aromatic nitrogens is 2. The molecule has 25 heavy (non-hydrogen) atoms. The lowest BCUT2D eigenvalue weighted by molar-refractivity contribution is -0.116. The molecule has 0 radical (unpaired) electrons. The summed E-state index contributed by atoms with van der Waals surface area (Å²) in [6.45, 7) is 9.76. The smallest absolute Gasteiger partial charge is 0.328 e. The summed E-state index contributed by atoms with van der Waals surface area (Å²) in [5, 5.41) is 3.04. The second-order valence-corrected chi connectivity index (χ2v) is 7.55. The minimum Gasteiger partial charge on any atom is -0.370 e. The largest absolute Gasteiger partial charge is 0.370 e. The summed E-state index contributed by atoms with van der Waals surface area (Å²) in [5.41, 5.74) is 3.23. The molecule has 1 heterocycles. The predicted octanol–water partition coefficient (Wildman–Crippen LogP) is 3.08. The molecule has 7 heteroatoms. The third-order valence-electron chi connectivity index (χ3n) is 4.59. The summed E-state index contributed by atoms with van der Waals surface area (Å²) < 4.78 is 3.24. The Balaban J connectivity index is 2.63. The van der Waals surface area contributed by atoms with E-state index in [0.717, 1.165) is 35.5 Å². The number of carbonyl (C=O) groups is 1. The first kappa shape index (κ1) is 19.6. The predicted molar refractivity (Wildman–Crippen MR) is 108 cm³/mol. The molecule has 1 aromatic carbocycles. The van der Waals surface area contributed by atoms with Gasteiger partial charge in [-0.15, -0.1) is 0 Å². The Morgan fingerprint density at radius 3 is 2.16 bits per heavy atom. The Morgan fingerprint density at radius 2 is 1.68 bits per heavy atom. The number of imidazole rings is 1. The van der Waals surface area contributed by atoms with Crippen LogP contribution in [0.4, 0.5) is 11.4 Å². The molecule has 0 spiro atoms. The van der Waals surface area contributed by atoms with Crippen LogP contribution in [-0.2, 0) is 18.9 Å². The van der Waals surface area contributed by atoms with Gasteiger partial charge in [0, 0.05) is 27.2 Å². The highest BCUT2D eigenvalue weighted by atomic mass is 79.9. The maximum absolute atomic E-state index is 12.5. The number of amides is 1. The van der Waals surface area contributed by atoms with Gasteiger partial charge < -0.3 is 10.2 Å². The summed E-state index contributed by atoms with van der Waals surface area (Å²) in [6.07, 6.45) is 0. The molecular weight excluding hydrogens is 384 g/mol. The van der Waals surface area contributed by atoms with Crippen LogP contribution in [0.15, 0.2) is 16.9 Å². The number of nitrogens with zero attached hydrogens (tertiary/aromatic N) is 3. The lowest BCUT2D eigenvalue weighted by atomic mass is 10.1. The van der Waals surface area contributed by atoms with Gasteiger partial charge in [0.25, 0.3) is 0 Å². The van der Waals surface area contributed by atoms with Crippen LogP contribution in [0, 0.1) is 5.92 Å². The van der Waals surface area contributed by atoms with Crippen LogP contribution in [-0.4, -0.2) is 33.0 Å². The third kappa shape index (κ3) is 3.61. The van der Waals surface area contributed by atoms with Crippen molar-refractivity contribution in [3.8, 4) is 0 Å². The first-order valence-electron chi connectivity index (χ1n) is 8.62. The van der Waals surface area contributed by atoms with Gasteiger partial charge in [0.1, 0.15) is 0 Å². The number of halogens is 1. The van der Waals surface area contributed by atoms with E-state index in [2.05, 4.69) is 40.0 Å². The standard InChI is InChI=1S/C18H27BrN4O2/c1-7-23(8-2)13-10-15-14(21(5)18(25)22(15)6)9-12(13)20-17(24)16(19)11(3)4/h9-11,16H,7-8H2,1-6H3,(H,20,24)/t16-/m0/s1. The topological polar surface area (TPSA) is 59.3 Å². The van der Waals surface area contributed by atoms with Gasteiger partial charge in [-0.1, -0.05) is 29.8 Å². The van der Waals surface area contributed by atoms with Crippen molar-refractivity contribution in [3.63, 3.8) is 0 Å². The van der Waals surface area contributed by atoms with Crippen molar-refractivity contribution in [1.82, 2.24) is 9.13 Å². The molecule has 138 valence electrons. The van der Waals surface area contributed by atoms with E-state index in [1.807, 2.05) is 26.0 Å². The molecule has 1 aromatic heterocycles. The molecule has 1 amide bonds. The molecule has 0 saturated heterocycles. The van der Waals surface area contributed by atoms with E-state index in [9.17, 15) is 9.59 Å². The van der Waals surface area contributed by atoms with E-state index in [1.54, 1.807) is 23.2 Å². The Labute approximate surface area is 156 Å². The van der Waals surface area contributed by atoms with Gasteiger partial charge in [-0.05, 0) is 31.9 Å². The summed E-state index contributed by atoms with van der Waals surface area (Å²) >= 11 is 3.46. The molecule has 1 atom stereocenters. The highest BCUT2D eigenvalue weighted by Crippen LogP contribution is 2.31. The monoisotopic (exact) mass is 410 g/mol. The first-order chi connectivity index (χ1) is 11.7. The fourth-order valence-electron chi connectivity index (χ4n) is 2.96. The second-order valence-electron chi connectivity index (χ2n) is 6.57. The molecule has 2 rings (SSSR count). The van der Waals surface area contributed by atoms with Gasteiger partial charge in [0.05, 0.1) is 27.2 Å². The van der Waals surface area contributed by atoms with Crippen molar-refractivity contribution < 1.29 is 4.79 Å². The van der Waals surface area contributed by atoms with Crippen LogP contribution in [0.5, 0.6) is 0 Å². The number of hydrogen-bond acceptors (Lipinski definition) is 3. The minimum atomic E-state index is -0.271. The maximum Gasteiger partial charge on any atom is 0.328 e. The number of hydrogen-bond donors (Lipinski definition) is 1. The Bertz CT molecular complexity index is 834. The van der Waals surface area contributed by atoms with Crippen LogP contribution in [0.25, 0.3) is 11.0 Å². The van der Waals surface area contributed by atoms with Crippen LogP contribution in [0.1, 0.15) is 27.7 Å². The van der Waals surface area contributed by atoms with Gasteiger partial charge >= 0.3 is 5.69 Å². The normalized spacial score (nSPS) is 12.6. The summed E-state index contributed by atoms with van der Waals surface area (Å²) in [5.74, 6) is 0.102. The minimum absolute atomic E-state index is 0.0791. The Kier molecular flexibility index (Phi) is 5.98. The van der Waals surface area contributed by atoms with E-state index in [4.69, 9.17) is 0 Å². The fourth-order valence-corrected chi connectivity index (χ4v) is 3.08. The summed E-state index contributed by atoms with van der Waals surface area (Å²) in [7, 11) is 3.51. The molecule has 6 nitrogen and oxygen atoms in total. The molecule has 0 aliphatic rings. The number of fused-ring (bicyclic) bond motifs is 1. The third-order valence-corrected chi connectivity index (χ3v) is 6.06. The van der Waals surface area contributed by atoms with Crippen LogP contribution in [0.2, 0.25) is 0 Å². The van der Waals surface area contributed by atoms with Gasteiger partial charge in [0.2, 0.25) is 5.91 Å². The van der Waals surface area contributed by atoms with E-state index in [-0.39, 0.29) is 22.3 Å². The van der Waals surface area contributed by atoms with E-state index in [1.165, 1.54) is 0 Å². The van der Waals surface area contributed by atoms with Crippen LogP contribution in [0.3, 0.4) is 0 Å². The van der Waals surface area contributed by atoms with Crippen molar-refractivity contribution >= 4 is 44.2 Å². The molecule has 0 unspecified atom stereocenters. The fraction of sp³-hybridized carbons (Fsp3) is 0.556. The van der Waals surface area contributed by atoms with E-state index in [0.29, 0.717) is 0 Å². The number of aryl methyl sites for hydroxylation is 2. The lowest BCUT2D eigenvalue weighted by Crippen LogP contribution is -2.29. The number of alkyl halides is 1. The zero-order valence-corrected chi connectivity index (χ0v) is 17.3. The number of anilines is 2. The number of carbonyl (C=O) groups excluding carboxylic acids is 1. The molecule has 2 aromatic rings. The SMILES string of the molecule is CCN(CC)c1cc2c(cc1NC(=O)[C@@H](Br)C(C)C)n(C)c(=O)n2C. The molecule has 1 N–H and O–H groups in total. The van der Waals surface area contributed by atoms with Crippen molar-refractivity contribution in [2.75, 3.05) is 23.3 Å². The molecule has 0 bridgehead atoms. The molecule has 0 fully saturated rings. The van der Waals surface area contributed by atoms with Crippen molar-refractivity contribution in [3.05, 3.63) is 22.6 Å². The van der Waals surface area contributed by atoms with Gasteiger partial charge in [-0.25, -0.2) is 4.79 Å². The number of rotatable bonds is 6. The Hall–Kier alpha value is -1.76. The molecule has 0 aliphatic carbocycles. The molecular formula is C18H27BrN4O2. The highest BCUT2D eigenvalue weighted by Gasteiger charge is 2.22. The highest BCUT2D eigenvalue weighted by molar-refractivity contribution is 9.10. The zero-order valence-electron chi connectivity index (χ0n) is 15.8. The first-order valence-corrected chi connectivity index (χ1v) is 9.53. The average Bonchev–Trinajstić information content (AvgIpc) is 2.79. The van der Waals surface area contributed by atoms with Crippen molar-refractivity contribution in [2.45, 2.75) is 32.5 Å². The van der Waals surface area contributed by atoms with Gasteiger partial charge in [-0.2, -0.15) is 0 Å². The number of nitrogens with one attached hydrogen (secondary N) is 1.